The minimum absolute atomic E-state index is 0.0689. The molecule has 5 nitrogen and oxygen atoms in total. The summed E-state index contributed by atoms with van der Waals surface area (Å²) in [5, 5.41) is 9.15. The van der Waals surface area contributed by atoms with Gasteiger partial charge in [-0.05, 0) is 31.0 Å². The van der Waals surface area contributed by atoms with Crippen molar-refractivity contribution >= 4 is 11.7 Å². The van der Waals surface area contributed by atoms with Gasteiger partial charge in [-0.2, -0.15) is 0 Å². The maximum Gasteiger partial charge on any atom is 0.310 e. The third-order valence-electron chi connectivity index (χ3n) is 2.79. The maximum atomic E-state index is 11.2. The lowest BCUT2D eigenvalue weighted by Crippen LogP contribution is -2.37. The Morgan fingerprint density at radius 3 is 2.59 bits per heavy atom. The van der Waals surface area contributed by atoms with E-state index in [2.05, 4.69) is 0 Å². The lowest BCUT2D eigenvalue weighted by molar-refractivity contribution is -0.147. The number of nitrogens with two attached hydrogens (primary N) is 2. The van der Waals surface area contributed by atoms with E-state index in [0.29, 0.717) is 17.9 Å². The first-order valence-electron chi connectivity index (χ1n) is 5.28. The molecule has 0 saturated carbocycles. The van der Waals surface area contributed by atoms with Crippen molar-refractivity contribution in [1.29, 1.82) is 0 Å². The van der Waals surface area contributed by atoms with Crippen LogP contribution in [0.5, 0.6) is 5.75 Å². The molecule has 1 unspecified atom stereocenters. The molecular formula is C12H18N2O3. The second kappa shape index (κ2) is 5.05. The zero-order chi connectivity index (χ0) is 13.1. The molecule has 5 N–H and O–H groups in total. The van der Waals surface area contributed by atoms with Crippen molar-refractivity contribution in [3.05, 3.63) is 23.8 Å². The summed E-state index contributed by atoms with van der Waals surface area (Å²) < 4.78 is 5.09. The lowest BCUT2D eigenvalue weighted by Gasteiger charge is -2.23. The van der Waals surface area contributed by atoms with E-state index in [-0.39, 0.29) is 6.54 Å². The average molecular weight is 238 g/mol. The first kappa shape index (κ1) is 13.3. The molecule has 1 aromatic rings. The number of carboxylic acid groups (broad SMARTS) is 1. The number of hydrogen-bond acceptors (Lipinski definition) is 4. The Hall–Kier alpha value is -1.75. The van der Waals surface area contributed by atoms with E-state index < -0.39 is 11.4 Å². The molecule has 0 aliphatic carbocycles. The number of ether oxygens (including phenoxy) is 1. The van der Waals surface area contributed by atoms with E-state index in [1.807, 2.05) is 0 Å². The number of hydrogen-bond donors (Lipinski definition) is 3. The Bertz CT molecular complexity index is 420. The molecule has 0 aliphatic heterocycles. The molecule has 5 heteroatoms. The van der Waals surface area contributed by atoms with Crippen molar-refractivity contribution in [1.82, 2.24) is 0 Å². The molecule has 0 saturated heterocycles. The maximum absolute atomic E-state index is 11.2. The minimum Gasteiger partial charge on any atom is -0.497 e. The topological polar surface area (TPSA) is 98.6 Å². The van der Waals surface area contributed by atoms with E-state index in [4.69, 9.17) is 21.3 Å². The normalized spacial score (nSPS) is 14.1. The van der Waals surface area contributed by atoms with Gasteiger partial charge in [0.15, 0.2) is 0 Å². The Balaban J connectivity index is 3.01. The SMILES string of the molecule is COc1cc(N)cc(CC(C)(CN)C(=O)O)c1. The largest absolute Gasteiger partial charge is 0.497 e. The fourth-order valence-corrected chi connectivity index (χ4v) is 1.59. The highest BCUT2D eigenvalue weighted by molar-refractivity contribution is 5.75. The monoisotopic (exact) mass is 238 g/mol. The molecule has 1 aromatic carbocycles. The molecule has 0 spiro atoms. The van der Waals surface area contributed by atoms with Crippen LogP contribution in [0.15, 0.2) is 18.2 Å². The predicted molar refractivity (Wildman–Crippen MR) is 65.9 cm³/mol. The fraction of sp³-hybridized carbons (Fsp3) is 0.417. The van der Waals surface area contributed by atoms with Gasteiger partial charge in [0.2, 0.25) is 0 Å². The van der Waals surface area contributed by atoms with Gasteiger partial charge in [0.1, 0.15) is 5.75 Å². The summed E-state index contributed by atoms with van der Waals surface area (Å²) in [5.41, 5.74) is 11.6. The van der Waals surface area contributed by atoms with Crippen LogP contribution in [-0.4, -0.2) is 24.7 Å². The smallest absolute Gasteiger partial charge is 0.310 e. The van der Waals surface area contributed by atoms with Gasteiger partial charge in [0.25, 0.3) is 0 Å². The van der Waals surface area contributed by atoms with Gasteiger partial charge in [-0.3, -0.25) is 4.79 Å². The molecule has 1 rings (SSSR count). The third kappa shape index (κ3) is 3.10. The lowest BCUT2D eigenvalue weighted by atomic mass is 9.83. The van der Waals surface area contributed by atoms with Crippen LogP contribution in [0.1, 0.15) is 12.5 Å². The summed E-state index contributed by atoms with van der Waals surface area (Å²) in [6.45, 7) is 1.68. The Morgan fingerprint density at radius 1 is 1.47 bits per heavy atom. The Kier molecular flexibility index (Phi) is 3.96. The highest BCUT2D eigenvalue weighted by atomic mass is 16.5. The molecular weight excluding hydrogens is 220 g/mol. The number of aliphatic carboxylic acids is 1. The fourth-order valence-electron chi connectivity index (χ4n) is 1.59. The van der Waals surface area contributed by atoms with Crippen molar-refractivity contribution in [3.63, 3.8) is 0 Å². The highest BCUT2D eigenvalue weighted by Gasteiger charge is 2.31. The Morgan fingerprint density at radius 2 is 2.12 bits per heavy atom. The summed E-state index contributed by atoms with van der Waals surface area (Å²) in [6, 6.07) is 5.19. The molecule has 0 bridgehead atoms. The second-order valence-electron chi connectivity index (χ2n) is 4.36. The van der Waals surface area contributed by atoms with Crippen molar-refractivity contribution in [2.24, 2.45) is 11.1 Å². The molecule has 0 aliphatic rings. The molecule has 1 atom stereocenters. The third-order valence-corrected chi connectivity index (χ3v) is 2.79. The van der Waals surface area contributed by atoms with E-state index >= 15 is 0 Å². The molecule has 94 valence electrons. The van der Waals surface area contributed by atoms with Crippen LogP contribution in [-0.2, 0) is 11.2 Å². The van der Waals surface area contributed by atoms with Crippen LogP contribution in [0, 0.1) is 5.41 Å². The van der Waals surface area contributed by atoms with Crippen LogP contribution in [0.3, 0.4) is 0 Å². The van der Waals surface area contributed by atoms with Crippen LogP contribution in [0.25, 0.3) is 0 Å². The molecule has 0 aromatic heterocycles. The number of nitrogen functional groups attached to an aromatic ring is 1. The predicted octanol–water partition coefficient (Wildman–Crippen LogP) is 0.869. The van der Waals surface area contributed by atoms with Gasteiger partial charge in [0.05, 0.1) is 12.5 Å². The number of rotatable bonds is 5. The standard InChI is InChI=1S/C12H18N2O3/c1-12(7-13,11(15)16)6-8-3-9(14)5-10(4-8)17-2/h3-5H,6-7,13-14H2,1-2H3,(H,15,16). The van der Waals surface area contributed by atoms with Gasteiger partial charge >= 0.3 is 5.97 Å². The van der Waals surface area contributed by atoms with Gasteiger partial charge in [0, 0.05) is 18.3 Å². The van der Waals surface area contributed by atoms with Crippen LogP contribution in [0.4, 0.5) is 5.69 Å². The van der Waals surface area contributed by atoms with E-state index in [0.717, 1.165) is 5.56 Å². The van der Waals surface area contributed by atoms with Gasteiger partial charge in [-0.1, -0.05) is 0 Å². The number of carboxylic acids is 1. The minimum atomic E-state index is -0.987. The zero-order valence-corrected chi connectivity index (χ0v) is 10.1. The summed E-state index contributed by atoms with van der Waals surface area (Å²) in [4.78, 5) is 11.2. The van der Waals surface area contributed by atoms with E-state index in [1.165, 1.54) is 7.11 Å². The summed E-state index contributed by atoms with van der Waals surface area (Å²) in [6.07, 6.45) is 0.320. The summed E-state index contributed by atoms with van der Waals surface area (Å²) in [7, 11) is 1.54. The number of benzene rings is 1. The van der Waals surface area contributed by atoms with Gasteiger partial charge in [-0.15, -0.1) is 0 Å². The molecule has 0 heterocycles. The van der Waals surface area contributed by atoms with Crippen molar-refractivity contribution in [2.75, 3.05) is 19.4 Å². The van der Waals surface area contributed by atoms with Gasteiger partial charge in [-0.25, -0.2) is 0 Å². The first-order chi connectivity index (χ1) is 7.91. The van der Waals surface area contributed by atoms with Crippen molar-refractivity contribution in [3.8, 4) is 5.75 Å². The highest BCUT2D eigenvalue weighted by Crippen LogP contribution is 2.26. The molecule has 0 fully saturated rings. The Labute approximate surface area is 100 Å². The average Bonchev–Trinajstić information content (AvgIpc) is 2.27. The van der Waals surface area contributed by atoms with Crippen molar-refractivity contribution in [2.45, 2.75) is 13.3 Å². The van der Waals surface area contributed by atoms with Crippen LogP contribution >= 0.6 is 0 Å². The van der Waals surface area contributed by atoms with Gasteiger partial charge < -0.3 is 21.3 Å². The zero-order valence-electron chi connectivity index (χ0n) is 10.1. The van der Waals surface area contributed by atoms with Crippen molar-refractivity contribution < 1.29 is 14.6 Å². The van der Waals surface area contributed by atoms with E-state index in [1.54, 1.807) is 25.1 Å². The molecule has 0 radical (unpaired) electrons. The number of anilines is 1. The molecule has 0 amide bonds. The summed E-state index contributed by atoms with van der Waals surface area (Å²) >= 11 is 0. The van der Waals surface area contributed by atoms with Crippen LogP contribution in [0.2, 0.25) is 0 Å². The number of carbonyl (C=O) groups is 1. The second-order valence-corrected chi connectivity index (χ2v) is 4.36. The summed E-state index contributed by atoms with van der Waals surface area (Å²) in [5.74, 6) is -0.300. The number of methoxy groups -OCH3 is 1. The van der Waals surface area contributed by atoms with E-state index in [9.17, 15) is 4.79 Å². The molecule has 17 heavy (non-hydrogen) atoms. The first-order valence-corrected chi connectivity index (χ1v) is 5.28. The van der Waals surface area contributed by atoms with Crippen LogP contribution < -0.4 is 16.2 Å². The quantitative estimate of drug-likeness (QED) is 0.661.